The van der Waals surface area contributed by atoms with Crippen molar-refractivity contribution in [1.29, 1.82) is 0 Å². The Hall–Kier alpha value is -0.780. The number of rotatable bonds is 3. The fourth-order valence-electron chi connectivity index (χ4n) is 1.32. The molecule has 66 valence electrons. The van der Waals surface area contributed by atoms with Gasteiger partial charge < -0.3 is 0 Å². The Morgan fingerprint density at radius 3 is 2.08 bits per heavy atom. The first-order valence-corrected chi connectivity index (χ1v) is 4.86. The predicted molar refractivity (Wildman–Crippen MR) is 54.5 cm³/mol. The number of aryl methyl sites for hydroxylation is 1. The van der Waals surface area contributed by atoms with Gasteiger partial charge in [0.2, 0.25) is 0 Å². The highest BCUT2D eigenvalue weighted by Crippen LogP contribution is 2.18. The third-order valence-electron chi connectivity index (χ3n) is 2.57. The van der Waals surface area contributed by atoms with Gasteiger partial charge in [-0.3, -0.25) is 0 Å². The van der Waals surface area contributed by atoms with Crippen molar-refractivity contribution in [2.75, 3.05) is 0 Å². The van der Waals surface area contributed by atoms with E-state index >= 15 is 0 Å². The molecule has 0 radical (unpaired) electrons. The van der Waals surface area contributed by atoms with Crippen molar-refractivity contribution in [1.82, 2.24) is 0 Å². The van der Waals surface area contributed by atoms with Gasteiger partial charge in [-0.2, -0.15) is 0 Å². The van der Waals surface area contributed by atoms with E-state index in [4.69, 9.17) is 0 Å². The smallest absolute Gasteiger partial charge is 0.0193 e. The second kappa shape index (κ2) is 4.30. The monoisotopic (exact) mass is 162 g/mol. The van der Waals surface area contributed by atoms with Gasteiger partial charge in [0.15, 0.2) is 0 Å². The van der Waals surface area contributed by atoms with Gasteiger partial charge in [0.1, 0.15) is 0 Å². The summed E-state index contributed by atoms with van der Waals surface area (Å²) in [4.78, 5) is 0. The SMILES string of the molecule is CCc1ccc([C@H](C)CC)cc1. The second-order valence-electron chi connectivity index (χ2n) is 3.40. The minimum atomic E-state index is 0.705. The van der Waals surface area contributed by atoms with E-state index in [0.717, 1.165) is 6.42 Å². The summed E-state index contributed by atoms with van der Waals surface area (Å²) in [5.74, 6) is 0.705. The van der Waals surface area contributed by atoms with Crippen LogP contribution < -0.4 is 0 Å². The molecule has 0 aliphatic heterocycles. The molecule has 1 atom stereocenters. The first-order chi connectivity index (χ1) is 5.77. The lowest BCUT2D eigenvalue weighted by Crippen LogP contribution is -1.91. The van der Waals surface area contributed by atoms with Crippen LogP contribution in [0.15, 0.2) is 24.3 Å². The normalized spacial score (nSPS) is 12.9. The number of benzene rings is 1. The van der Waals surface area contributed by atoms with Crippen LogP contribution in [0.1, 0.15) is 44.2 Å². The van der Waals surface area contributed by atoms with E-state index < -0.39 is 0 Å². The van der Waals surface area contributed by atoms with Crippen molar-refractivity contribution >= 4 is 0 Å². The molecule has 0 aliphatic rings. The van der Waals surface area contributed by atoms with Gasteiger partial charge in [-0.05, 0) is 29.9 Å². The highest BCUT2D eigenvalue weighted by atomic mass is 14.1. The van der Waals surface area contributed by atoms with E-state index in [1.165, 1.54) is 17.5 Å². The molecule has 0 N–H and O–H groups in total. The molecule has 1 aromatic rings. The first-order valence-electron chi connectivity index (χ1n) is 4.86. The molecular formula is C12H18. The summed E-state index contributed by atoms with van der Waals surface area (Å²) in [6.07, 6.45) is 2.37. The van der Waals surface area contributed by atoms with Crippen molar-refractivity contribution in [3.05, 3.63) is 35.4 Å². The Kier molecular flexibility index (Phi) is 3.33. The molecule has 1 aromatic carbocycles. The van der Waals surface area contributed by atoms with Crippen molar-refractivity contribution in [3.8, 4) is 0 Å². The highest BCUT2D eigenvalue weighted by molar-refractivity contribution is 5.24. The molecule has 0 spiro atoms. The van der Waals surface area contributed by atoms with E-state index in [1.54, 1.807) is 0 Å². The maximum atomic E-state index is 2.28. The summed E-state index contributed by atoms with van der Waals surface area (Å²) in [5, 5.41) is 0. The van der Waals surface area contributed by atoms with Crippen LogP contribution in [-0.2, 0) is 6.42 Å². The van der Waals surface area contributed by atoms with Crippen LogP contribution in [0.5, 0.6) is 0 Å². The molecule has 0 aromatic heterocycles. The summed E-state index contributed by atoms with van der Waals surface area (Å²) >= 11 is 0. The molecule has 0 saturated carbocycles. The van der Waals surface area contributed by atoms with E-state index in [0.29, 0.717) is 5.92 Å². The lowest BCUT2D eigenvalue weighted by molar-refractivity contribution is 0.733. The van der Waals surface area contributed by atoms with Gasteiger partial charge in [-0.1, -0.05) is 45.0 Å². The van der Waals surface area contributed by atoms with Crippen LogP contribution >= 0.6 is 0 Å². The zero-order valence-corrected chi connectivity index (χ0v) is 8.30. The van der Waals surface area contributed by atoms with Crippen molar-refractivity contribution in [2.24, 2.45) is 0 Å². The third kappa shape index (κ3) is 2.10. The Labute approximate surface area is 75.6 Å². The van der Waals surface area contributed by atoms with E-state index in [9.17, 15) is 0 Å². The maximum absolute atomic E-state index is 2.28. The minimum absolute atomic E-state index is 0.705. The van der Waals surface area contributed by atoms with Gasteiger partial charge in [0, 0.05) is 0 Å². The fourth-order valence-corrected chi connectivity index (χ4v) is 1.32. The molecular weight excluding hydrogens is 144 g/mol. The Morgan fingerprint density at radius 1 is 1.08 bits per heavy atom. The second-order valence-corrected chi connectivity index (χ2v) is 3.40. The minimum Gasteiger partial charge on any atom is -0.0648 e. The molecule has 0 heterocycles. The van der Waals surface area contributed by atoms with Crippen molar-refractivity contribution in [3.63, 3.8) is 0 Å². The van der Waals surface area contributed by atoms with Gasteiger partial charge in [0.25, 0.3) is 0 Å². The zero-order valence-electron chi connectivity index (χ0n) is 8.30. The largest absolute Gasteiger partial charge is 0.0648 e. The molecule has 12 heavy (non-hydrogen) atoms. The van der Waals surface area contributed by atoms with E-state index in [1.807, 2.05) is 0 Å². The third-order valence-corrected chi connectivity index (χ3v) is 2.57. The maximum Gasteiger partial charge on any atom is -0.0193 e. The van der Waals surface area contributed by atoms with E-state index in [-0.39, 0.29) is 0 Å². The Balaban J connectivity index is 2.77. The lowest BCUT2D eigenvalue weighted by Gasteiger charge is -2.08. The topological polar surface area (TPSA) is 0 Å². The van der Waals surface area contributed by atoms with Crippen molar-refractivity contribution in [2.45, 2.75) is 39.5 Å². The molecule has 0 saturated heterocycles. The Bertz CT molecular complexity index is 220. The molecule has 0 amide bonds. The average Bonchev–Trinajstić information content (AvgIpc) is 2.17. The molecule has 0 fully saturated rings. The van der Waals surface area contributed by atoms with Crippen LogP contribution in [-0.4, -0.2) is 0 Å². The lowest BCUT2D eigenvalue weighted by atomic mass is 9.97. The van der Waals surface area contributed by atoms with Crippen LogP contribution in [0.3, 0.4) is 0 Å². The molecule has 0 heteroatoms. The summed E-state index contributed by atoms with van der Waals surface area (Å²) in [6, 6.07) is 8.99. The summed E-state index contributed by atoms with van der Waals surface area (Å²) < 4.78 is 0. The van der Waals surface area contributed by atoms with Crippen LogP contribution in [0.4, 0.5) is 0 Å². The molecule has 0 unspecified atom stereocenters. The first kappa shape index (κ1) is 9.31. The fraction of sp³-hybridized carbons (Fsp3) is 0.500. The molecule has 1 rings (SSSR count). The summed E-state index contributed by atoms with van der Waals surface area (Å²) in [7, 11) is 0. The zero-order chi connectivity index (χ0) is 8.97. The van der Waals surface area contributed by atoms with Gasteiger partial charge >= 0.3 is 0 Å². The van der Waals surface area contributed by atoms with Crippen LogP contribution in [0.25, 0.3) is 0 Å². The van der Waals surface area contributed by atoms with Crippen LogP contribution in [0.2, 0.25) is 0 Å². The Morgan fingerprint density at radius 2 is 1.67 bits per heavy atom. The van der Waals surface area contributed by atoms with Crippen LogP contribution in [0, 0.1) is 0 Å². The van der Waals surface area contributed by atoms with E-state index in [2.05, 4.69) is 45.0 Å². The van der Waals surface area contributed by atoms with Crippen molar-refractivity contribution < 1.29 is 0 Å². The van der Waals surface area contributed by atoms with Gasteiger partial charge in [-0.15, -0.1) is 0 Å². The standard InChI is InChI=1S/C12H18/c1-4-10(3)12-8-6-11(5-2)7-9-12/h6-10H,4-5H2,1-3H3/t10-/m1/s1. The number of hydrogen-bond acceptors (Lipinski definition) is 0. The highest BCUT2D eigenvalue weighted by Gasteiger charge is 2.00. The summed E-state index contributed by atoms with van der Waals surface area (Å²) in [6.45, 7) is 6.71. The number of hydrogen-bond donors (Lipinski definition) is 0. The molecule has 0 aliphatic carbocycles. The molecule has 0 nitrogen and oxygen atoms in total. The van der Waals surface area contributed by atoms with Gasteiger partial charge in [-0.25, -0.2) is 0 Å². The predicted octanol–water partition coefficient (Wildman–Crippen LogP) is 3.76. The van der Waals surface area contributed by atoms with Gasteiger partial charge in [0.05, 0.1) is 0 Å². The quantitative estimate of drug-likeness (QED) is 0.634. The average molecular weight is 162 g/mol. The summed E-state index contributed by atoms with van der Waals surface area (Å²) in [5.41, 5.74) is 2.90. The molecule has 0 bridgehead atoms.